The van der Waals surface area contributed by atoms with Gasteiger partial charge in [-0.25, -0.2) is 4.39 Å². The van der Waals surface area contributed by atoms with E-state index >= 15 is 0 Å². The van der Waals surface area contributed by atoms with Crippen molar-refractivity contribution < 1.29 is 4.39 Å². The molecule has 1 N–H and O–H groups in total. The fourth-order valence-corrected chi connectivity index (χ4v) is 1.53. The standard InChI is InChI=1S/C12H15ClFN/c1-3-9(8-15-2)6-10-4-5-12(14)11(13)7-10/h4-7,15H,3,8H2,1-2H3/b9-6-. The third kappa shape index (κ3) is 3.65. The molecule has 0 aliphatic carbocycles. The maximum Gasteiger partial charge on any atom is 0.141 e. The Morgan fingerprint density at radius 3 is 2.80 bits per heavy atom. The molecule has 82 valence electrons. The highest BCUT2D eigenvalue weighted by atomic mass is 35.5. The summed E-state index contributed by atoms with van der Waals surface area (Å²) in [6.07, 6.45) is 3.00. The van der Waals surface area contributed by atoms with Crippen molar-refractivity contribution in [2.24, 2.45) is 0 Å². The van der Waals surface area contributed by atoms with Gasteiger partial charge in [0.05, 0.1) is 5.02 Å². The average Bonchev–Trinajstić information content (AvgIpc) is 2.23. The minimum atomic E-state index is -0.375. The van der Waals surface area contributed by atoms with Gasteiger partial charge in [0.1, 0.15) is 5.82 Å². The number of nitrogens with one attached hydrogen (secondary N) is 1. The van der Waals surface area contributed by atoms with Gasteiger partial charge >= 0.3 is 0 Å². The van der Waals surface area contributed by atoms with E-state index in [-0.39, 0.29) is 10.8 Å². The molecule has 1 aromatic carbocycles. The summed E-state index contributed by atoms with van der Waals surface area (Å²) in [4.78, 5) is 0. The second-order valence-corrected chi connectivity index (χ2v) is 3.77. The highest BCUT2D eigenvalue weighted by Crippen LogP contribution is 2.18. The lowest BCUT2D eigenvalue weighted by atomic mass is 10.1. The second kappa shape index (κ2) is 5.89. The average molecular weight is 228 g/mol. The zero-order chi connectivity index (χ0) is 11.3. The van der Waals surface area contributed by atoms with Gasteiger partial charge in [-0.1, -0.05) is 36.2 Å². The van der Waals surface area contributed by atoms with E-state index in [1.54, 1.807) is 12.1 Å². The molecule has 0 aromatic heterocycles. The lowest BCUT2D eigenvalue weighted by molar-refractivity contribution is 0.628. The SMILES string of the molecule is CC/C(=C/c1ccc(F)c(Cl)c1)CNC. The number of rotatable bonds is 4. The molecular formula is C12H15ClFN. The highest BCUT2D eigenvalue weighted by molar-refractivity contribution is 6.30. The third-order valence-electron chi connectivity index (χ3n) is 2.17. The van der Waals surface area contributed by atoms with E-state index < -0.39 is 0 Å². The van der Waals surface area contributed by atoms with Crippen LogP contribution in [-0.4, -0.2) is 13.6 Å². The molecule has 0 aliphatic rings. The van der Waals surface area contributed by atoms with Crippen LogP contribution in [-0.2, 0) is 0 Å². The molecule has 0 atom stereocenters. The van der Waals surface area contributed by atoms with Gasteiger partial charge in [-0.05, 0) is 31.2 Å². The van der Waals surface area contributed by atoms with Crippen molar-refractivity contribution in [1.82, 2.24) is 5.32 Å². The van der Waals surface area contributed by atoms with E-state index in [1.807, 2.05) is 13.1 Å². The van der Waals surface area contributed by atoms with Crippen LogP contribution in [0.15, 0.2) is 23.8 Å². The van der Waals surface area contributed by atoms with Gasteiger partial charge in [-0.3, -0.25) is 0 Å². The molecular weight excluding hydrogens is 213 g/mol. The summed E-state index contributed by atoms with van der Waals surface area (Å²) in [6.45, 7) is 2.93. The van der Waals surface area contributed by atoms with E-state index in [0.717, 1.165) is 18.5 Å². The maximum absolute atomic E-state index is 12.9. The Labute approximate surface area is 95.0 Å². The van der Waals surface area contributed by atoms with Crippen LogP contribution in [0.3, 0.4) is 0 Å². The van der Waals surface area contributed by atoms with Crippen molar-refractivity contribution in [3.8, 4) is 0 Å². The predicted octanol–water partition coefficient (Wildman–Crippen LogP) is 3.49. The van der Waals surface area contributed by atoms with E-state index in [0.29, 0.717) is 0 Å². The Kier molecular flexibility index (Phi) is 4.79. The second-order valence-electron chi connectivity index (χ2n) is 3.36. The normalized spacial score (nSPS) is 11.9. The molecule has 0 fully saturated rings. The Morgan fingerprint density at radius 1 is 1.53 bits per heavy atom. The summed E-state index contributed by atoms with van der Waals surface area (Å²) in [5.41, 5.74) is 2.20. The summed E-state index contributed by atoms with van der Waals surface area (Å²) >= 11 is 5.70. The summed E-state index contributed by atoms with van der Waals surface area (Å²) in [7, 11) is 1.90. The summed E-state index contributed by atoms with van der Waals surface area (Å²) in [5, 5.41) is 3.26. The van der Waals surface area contributed by atoms with Crippen molar-refractivity contribution >= 4 is 17.7 Å². The van der Waals surface area contributed by atoms with Gasteiger partial charge in [-0.15, -0.1) is 0 Å². The smallest absolute Gasteiger partial charge is 0.141 e. The summed E-state index contributed by atoms with van der Waals surface area (Å²) < 4.78 is 12.9. The van der Waals surface area contributed by atoms with E-state index in [9.17, 15) is 4.39 Å². The van der Waals surface area contributed by atoms with Gasteiger partial charge in [-0.2, -0.15) is 0 Å². The third-order valence-corrected chi connectivity index (χ3v) is 2.46. The molecule has 0 aliphatic heterocycles. The van der Waals surface area contributed by atoms with Crippen molar-refractivity contribution in [2.45, 2.75) is 13.3 Å². The molecule has 1 aromatic rings. The monoisotopic (exact) mass is 227 g/mol. The molecule has 0 amide bonds. The van der Waals surface area contributed by atoms with Crippen molar-refractivity contribution in [3.63, 3.8) is 0 Å². The first-order chi connectivity index (χ1) is 7.17. The molecule has 0 radical (unpaired) electrons. The van der Waals surface area contributed by atoms with Gasteiger partial charge in [0.2, 0.25) is 0 Å². The lowest BCUT2D eigenvalue weighted by Crippen LogP contribution is -2.09. The lowest BCUT2D eigenvalue weighted by Gasteiger charge is -2.04. The van der Waals surface area contributed by atoms with Crippen LogP contribution in [0.2, 0.25) is 5.02 Å². The molecule has 1 nitrogen and oxygen atoms in total. The van der Waals surface area contributed by atoms with Crippen LogP contribution < -0.4 is 5.32 Å². The number of hydrogen-bond donors (Lipinski definition) is 1. The van der Waals surface area contributed by atoms with Crippen LogP contribution in [0.4, 0.5) is 4.39 Å². The quantitative estimate of drug-likeness (QED) is 0.830. The van der Waals surface area contributed by atoms with Crippen molar-refractivity contribution in [1.29, 1.82) is 0 Å². The fourth-order valence-electron chi connectivity index (χ4n) is 1.34. The van der Waals surface area contributed by atoms with Crippen LogP contribution in [0.1, 0.15) is 18.9 Å². The molecule has 3 heteroatoms. The first-order valence-electron chi connectivity index (χ1n) is 4.96. The van der Waals surface area contributed by atoms with Crippen LogP contribution in [0.25, 0.3) is 6.08 Å². The van der Waals surface area contributed by atoms with Crippen LogP contribution in [0, 0.1) is 5.82 Å². The topological polar surface area (TPSA) is 12.0 Å². The minimum absolute atomic E-state index is 0.170. The summed E-state index contributed by atoms with van der Waals surface area (Å²) in [6, 6.07) is 4.76. The molecule has 0 saturated heterocycles. The van der Waals surface area contributed by atoms with Gasteiger partial charge in [0.25, 0.3) is 0 Å². The number of benzene rings is 1. The Bertz CT molecular complexity index is 361. The Hall–Kier alpha value is -0.860. The van der Waals surface area contributed by atoms with Gasteiger partial charge < -0.3 is 5.32 Å². The Morgan fingerprint density at radius 2 is 2.27 bits per heavy atom. The zero-order valence-electron chi connectivity index (χ0n) is 8.98. The minimum Gasteiger partial charge on any atom is -0.316 e. The van der Waals surface area contributed by atoms with E-state index in [4.69, 9.17) is 11.6 Å². The molecule has 0 heterocycles. The molecule has 0 unspecified atom stereocenters. The molecule has 15 heavy (non-hydrogen) atoms. The van der Waals surface area contributed by atoms with E-state index in [1.165, 1.54) is 11.6 Å². The fraction of sp³-hybridized carbons (Fsp3) is 0.333. The summed E-state index contributed by atoms with van der Waals surface area (Å²) in [5.74, 6) is -0.375. The Balaban J connectivity index is 2.91. The van der Waals surface area contributed by atoms with Gasteiger partial charge in [0, 0.05) is 6.54 Å². The number of likely N-dealkylation sites (N-methyl/N-ethyl adjacent to an activating group) is 1. The number of halogens is 2. The largest absolute Gasteiger partial charge is 0.316 e. The van der Waals surface area contributed by atoms with E-state index in [2.05, 4.69) is 12.2 Å². The first-order valence-corrected chi connectivity index (χ1v) is 5.34. The highest BCUT2D eigenvalue weighted by Gasteiger charge is 2.00. The molecule has 0 bridgehead atoms. The number of hydrogen-bond acceptors (Lipinski definition) is 1. The van der Waals surface area contributed by atoms with Crippen molar-refractivity contribution in [2.75, 3.05) is 13.6 Å². The molecule has 1 rings (SSSR count). The van der Waals surface area contributed by atoms with Crippen LogP contribution >= 0.6 is 11.6 Å². The molecule has 0 saturated carbocycles. The van der Waals surface area contributed by atoms with Crippen LogP contribution in [0.5, 0.6) is 0 Å². The predicted molar refractivity (Wildman–Crippen MR) is 63.6 cm³/mol. The van der Waals surface area contributed by atoms with Gasteiger partial charge in [0.15, 0.2) is 0 Å². The maximum atomic E-state index is 12.9. The molecule has 0 spiro atoms. The zero-order valence-corrected chi connectivity index (χ0v) is 9.74. The van der Waals surface area contributed by atoms with Crippen molar-refractivity contribution in [3.05, 3.63) is 40.2 Å². The first kappa shape index (κ1) is 12.2.